The summed E-state index contributed by atoms with van der Waals surface area (Å²) in [5.74, 6) is 0.411. The van der Waals surface area contributed by atoms with Gasteiger partial charge in [0.1, 0.15) is 0 Å². The molecule has 0 aromatic heterocycles. The number of carbonyl (C=O) groups excluding carboxylic acids is 1. The molecule has 0 aliphatic heterocycles. The third-order valence-corrected chi connectivity index (χ3v) is 4.36. The van der Waals surface area contributed by atoms with Crippen molar-refractivity contribution in [3.8, 4) is 0 Å². The SMILES string of the molecule is CCCCC(CC)C(=O)NC1(CN)CCCCC1. The van der Waals surface area contributed by atoms with Crippen LogP contribution in [0.15, 0.2) is 0 Å². The monoisotopic (exact) mass is 254 g/mol. The summed E-state index contributed by atoms with van der Waals surface area (Å²) in [6, 6.07) is 0. The molecule has 3 N–H and O–H groups in total. The Morgan fingerprint density at radius 1 is 1.28 bits per heavy atom. The van der Waals surface area contributed by atoms with Gasteiger partial charge >= 0.3 is 0 Å². The van der Waals surface area contributed by atoms with Crippen molar-refractivity contribution in [1.29, 1.82) is 0 Å². The first-order valence-corrected chi connectivity index (χ1v) is 7.69. The first kappa shape index (κ1) is 15.5. The van der Waals surface area contributed by atoms with Crippen LogP contribution in [0.1, 0.15) is 71.6 Å². The largest absolute Gasteiger partial charge is 0.349 e. The zero-order chi connectivity index (χ0) is 13.4. The van der Waals surface area contributed by atoms with Crippen LogP contribution in [0.2, 0.25) is 0 Å². The predicted octanol–water partition coefficient (Wildman–Crippen LogP) is 2.98. The summed E-state index contributed by atoms with van der Waals surface area (Å²) >= 11 is 0. The highest BCUT2D eigenvalue weighted by Crippen LogP contribution is 2.28. The Morgan fingerprint density at radius 3 is 2.44 bits per heavy atom. The smallest absolute Gasteiger partial charge is 0.223 e. The Balaban J connectivity index is 2.53. The first-order valence-electron chi connectivity index (χ1n) is 7.69. The lowest BCUT2D eigenvalue weighted by Gasteiger charge is -2.38. The maximum absolute atomic E-state index is 12.3. The minimum atomic E-state index is -0.102. The Labute approximate surface area is 112 Å². The molecule has 1 aliphatic rings. The molecule has 106 valence electrons. The van der Waals surface area contributed by atoms with Crippen molar-refractivity contribution in [3.05, 3.63) is 0 Å². The van der Waals surface area contributed by atoms with Crippen molar-refractivity contribution in [2.24, 2.45) is 11.7 Å². The van der Waals surface area contributed by atoms with Crippen LogP contribution in [0.25, 0.3) is 0 Å². The van der Waals surface area contributed by atoms with E-state index in [1.54, 1.807) is 0 Å². The molecule has 1 aliphatic carbocycles. The number of carbonyl (C=O) groups is 1. The molecule has 0 aromatic carbocycles. The predicted molar refractivity (Wildman–Crippen MR) is 76.3 cm³/mol. The maximum atomic E-state index is 12.3. The van der Waals surface area contributed by atoms with E-state index in [4.69, 9.17) is 5.73 Å². The summed E-state index contributed by atoms with van der Waals surface area (Å²) < 4.78 is 0. The van der Waals surface area contributed by atoms with Gasteiger partial charge in [0.25, 0.3) is 0 Å². The van der Waals surface area contributed by atoms with Crippen molar-refractivity contribution in [3.63, 3.8) is 0 Å². The average Bonchev–Trinajstić information content (AvgIpc) is 2.40. The highest BCUT2D eigenvalue weighted by Gasteiger charge is 2.33. The summed E-state index contributed by atoms with van der Waals surface area (Å²) in [5, 5.41) is 3.28. The average molecular weight is 254 g/mol. The van der Waals surface area contributed by atoms with Crippen LogP contribution in [0.3, 0.4) is 0 Å². The molecule has 0 bridgehead atoms. The minimum Gasteiger partial charge on any atom is -0.349 e. The zero-order valence-corrected chi connectivity index (χ0v) is 12.1. The molecule has 0 heterocycles. The van der Waals surface area contributed by atoms with Crippen LogP contribution in [-0.2, 0) is 4.79 Å². The Morgan fingerprint density at radius 2 is 1.94 bits per heavy atom. The van der Waals surface area contributed by atoms with Crippen LogP contribution in [0, 0.1) is 5.92 Å². The standard InChI is InChI=1S/C15H30N2O/c1-3-5-9-13(4-2)14(18)17-15(12-16)10-7-6-8-11-15/h13H,3-12,16H2,1-2H3,(H,17,18). The quantitative estimate of drug-likeness (QED) is 0.734. The maximum Gasteiger partial charge on any atom is 0.223 e. The van der Waals surface area contributed by atoms with Gasteiger partial charge in [-0.1, -0.05) is 46.0 Å². The topological polar surface area (TPSA) is 55.1 Å². The Hall–Kier alpha value is -0.570. The van der Waals surface area contributed by atoms with Crippen molar-refractivity contribution >= 4 is 5.91 Å². The molecule has 3 heteroatoms. The minimum absolute atomic E-state index is 0.102. The molecule has 18 heavy (non-hydrogen) atoms. The molecule has 0 spiro atoms. The number of hydrogen-bond donors (Lipinski definition) is 2. The molecular formula is C15H30N2O. The summed E-state index contributed by atoms with van der Waals surface area (Å²) in [6.45, 7) is 4.87. The van der Waals surface area contributed by atoms with E-state index in [1.807, 2.05) is 0 Å². The molecule has 1 unspecified atom stereocenters. The van der Waals surface area contributed by atoms with Gasteiger partial charge in [0, 0.05) is 12.5 Å². The van der Waals surface area contributed by atoms with Crippen molar-refractivity contribution in [2.75, 3.05) is 6.54 Å². The number of nitrogens with one attached hydrogen (secondary N) is 1. The lowest BCUT2D eigenvalue weighted by molar-refractivity contribution is -0.127. The van der Waals surface area contributed by atoms with Crippen molar-refractivity contribution < 1.29 is 4.79 Å². The Kier molecular flexibility index (Phi) is 6.69. The van der Waals surface area contributed by atoms with Crippen LogP contribution in [-0.4, -0.2) is 18.0 Å². The fraction of sp³-hybridized carbons (Fsp3) is 0.933. The van der Waals surface area contributed by atoms with Gasteiger partial charge < -0.3 is 11.1 Å². The first-order chi connectivity index (χ1) is 8.67. The second-order valence-corrected chi connectivity index (χ2v) is 5.78. The molecule has 0 aromatic rings. The van der Waals surface area contributed by atoms with Crippen LogP contribution in [0.5, 0.6) is 0 Å². The highest BCUT2D eigenvalue weighted by molar-refractivity contribution is 5.79. The van der Waals surface area contributed by atoms with Crippen molar-refractivity contribution in [1.82, 2.24) is 5.32 Å². The fourth-order valence-corrected chi connectivity index (χ4v) is 2.94. The Bertz CT molecular complexity index is 247. The number of nitrogens with two attached hydrogens (primary N) is 1. The van der Waals surface area contributed by atoms with E-state index in [0.29, 0.717) is 6.54 Å². The van der Waals surface area contributed by atoms with Crippen LogP contribution < -0.4 is 11.1 Å². The normalized spacial score (nSPS) is 20.4. The van der Waals surface area contributed by atoms with Crippen LogP contribution >= 0.6 is 0 Å². The molecule has 1 atom stereocenters. The van der Waals surface area contributed by atoms with E-state index in [2.05, 4.69) is 19.2 Å². The van der Waals surface area contributed by atoms with Gasteiger partial charge in [-0.3, -0.25) is 4.79 Å². The van der Waals surface area contributed by atoms with E-state index in [0.717, 1.165) is 38.5 Å². The van der Waals surface area contributed by atoms with Gasteiger partial charge in [-0.2, -0.15) is 0 Å². The third kappa shape index (κ3) is 4.27. The van der Waals surface area contributed by atoms with Gasteiger partial charge in [0.15, 0.2) is 0 Å². The van der Waals surface area contributed by atoms with Gasteiger partial charge in [-0.25, -0.2) is 0 Å². The molecule has 1 rings (SSSR count). The summed E-state index contributed by atoms with van der Waals surface area (Å²) in [6.07, 6.45) is 10.0. The molecule has 0 saturated heterocycles. The van der Waals surface area contributed by atoms with E-state index in [9.17, 15) is 4.79 Å². The molecule has 3 nitrogen and oxygen atoms in total. The lowest BCUT2D eigenvalue weighted by Crippen LogP contribution is -2.56. The lowest BCUT2D eigenvalue weighted by atomic mass is 9.81. The van der Waals surface area contributed by atoms with Crippen molar-refractivity contribution in [2.45, 2.75) is 77.2 Å². The second-order valence-electron chi connectivity index (χ2n) is 5.78. The number of amides is 1. The second kappa shape index (κ2) is 7.78. The van der Waals surface area contributed by atoms with E-state index >= 15 is 0 Å². The molecule has 1 amide bonds. The van der Waals surface area contributed by atoms with Gasteiger partial charge in [0.05, 0.1) is 5.54 Å². The van der Waals surface area contributed by atoms with Gasteiger partial charge in [-0.05, 0) is 25.7 Å². The highest BCUT2D eigenvalue weighted by atomic mass is 16.2. The molecular weight excluding hydrogens is 224 g/mol. The van der Waals surface area contributed by atoms with E-state index in [-0.39, 0.29) is 17.4 Å². The van der Waals surface area contributed by atoms with Crippen LogP contribution in [0.4, 0.5) is 0 Å². The molecule has 0 radical (unpaired) electrons. The molecule has 1 fully saturated rings. The number of unbranched alkanes of at least 4 members (excludes halogenated alkanes) is 1. The number of hydrogen-bond acceptors (Lipinski definition) is 2. The zero-order valence-electron chi connectivity index (χ0n) is 12.1. The number of rotatable bonds is 7. The van der Waals surface area contributed by atoms with Gasteiger partial charge in [-0.15, -0.1) is 0 Å². The van der Waals surface area contributed by atoms with Gasteiger partial charge in [0.2, 0.25) is 5.91 Å². The van der Waals surface area contributed by atoms with E-state index < -0.39 is 0 Å². The third-order valence-electron chi connectivity index (χ3n) is 4.36. The summed E-state index contributed by atoms with van der Waals surface area (Å²) in [4.78, 5) is 12.3. The summed E-state index contributed by atoms with van der Waals surface area (Å²) in [5.41, 5.74) is 5.81. The fourth-order valence-electron chi connectivity index (χ4n) is 2.94. The van der Waals surface area contributed by atoms with E-state index in [1.165, 1.54) is 19.3 Å². The summed E-state index contributed by atoms with van der Waals surface area (Å²) in [7, 11) is 0. The molecule has 1 saturated carbocycles.